The van der Waals surface area contributed by atoms with Crippen molar-refractivity contribution >= 4 is 12.0 Å². The predicted octanol–water partition coefficient (Wildman–Crippen LogP) is 2.43. The molecule has 0 saturated carbocycles. The quantitative estimate of drug-likeness (QED) is 0.461. The van der Waals surface area contributed by atoms with Crippen molar-refractivity contribution in [3.05, 3.63) is 23.8 Å². The van der Waals surface area contributed by atoms with Gasteiger partial charge in [0.1, 0.15) is 5.75 Å². The zero-order chi connectivity index (χ0) is 9.68. The number of methoxy groups -OCH3 is 1. The lowest BCUT2D eigenvalue weighted by Crippen LogP contribution is -1.87. The maximum absolute atomic E-state index is 7.93. The van der Waals surface area contributed by atoms with Gasteiger partial charge in [-0.2, -0.15) is 0 Å². The molecular formula is C8H10O4S. The van der Waals surface area contributed by atoms with Gasteiger partial charge >= 0.3 is 0 Å². The first-order valence-electron chi connectivity index (χ1n) is 3.57. The van der Waals surface area contributed by atoms with Crippen LogP contribution in [0.2, 0.25) is 0 Å². The van der Waals surface area contributed by atoms with Crippen molar-refractivity contribution in [3.63, 3.8) is 0 Å². The lowest BCUT2D eigenvalue weighted by Gasteiger charge is -2.05. The highest BCUT2D eigenvalue weighted by Gasteiger charge is 2.00. The van der Waals surface area contributed by atoms with Crippen LogP contribution in [0.1, 0.15) is 5.56 Å². The molecule has 13 heavy (non-hydrogen) atoms. The van der Waals surface area contributed by atoms with Gasteiger partial charge in [0.25, 0.3) is 0 Å². The van der Waals surface area contributed by atoms with Crippen LogP contribution in [0.25, 0.3) is 0 Å². The second-order valence-corrected chi connectivity index (χ2v) is 3.13. The van der Waals surface area contributed by atoms with E-state index in [1.807, 2.05) is 19.1 Å². The zero-order valence-corrected chi connectivity index (χ0v) is 8.13. The van der Waals surface area contributed by atoms with Crippen molar-refractivity contribution in [3.8, 4) is 5.75 Å². The maximum atomic E-state index is 7.93. The summed E-state index contributed by atoms with van der Waals surface area (Å²) in [5.41, 5.74) is 0.994. The SMILES string of the molecule is COc1ccc(SOOO)cc1C. The Morgan fingerprint density at radius 1 is 1.38 bits per heavy atom. The Labute approximate surface area is 80.5 Å². The van der Waals surface area contributed by atoms with Gasteiger partial charge in [0.15, 0.2) is 0 Å². The molecule has 0 aliphatic carbocycles. The number of hydrogen-bond donors (Lipinski definition) is 1. The highest BCUT2D eigenvalue weighted by molar-refractivity contribution is 7.94. The van der Waals surface area contributed by atoms with E-state index in [-0.39, 0.29) is 0 Å². The van der Waals surface area contributed by atoms with E-state index in [0.29, 0.717) is 0 Å². The summed E-state index contributed by atoms with van der Waals surface area (Å²) >= 11 is 0.926. The molecule has 0 aliphatic heterocycles. The largest absolute Gasteiger partial charge is 0.496 e. The monoisotopic (exact) mass is 202 g/mol. The second kappa shape index (κ2) is 5.08. The highest BCUT2D eigenvalue weighted by Crippen LogP contribution is 2.25. The predicted molar refractivity (Wildman–Crippen MR) is 48.4 cm³/mol. The molecule has 0 aromatic heterocycles. The third kappa shape index (κ3) is 2.89. The van der Waals surface area contributed by atoms with E-state index in [2.05, 4.69) is 9.37 Å². The maximum Gasteiger partial charge on any atom is 0.121 e. The molecule has 4 nitrogen and oxygen atoms in total. The van der Waals surface area contributed by atoms with Crippen LogP contribution in [-0.2, 0) is 9.37 Å². The molecule has 0 fully saturated rings. The van der Waals surface area contributed by atoms with Crippen molar-refractivity contribution in [1.29, 1.82) is 0 Å². The molecule has 0 radical (unpaired) electrons. The van der Waals surface area contributed by atoms with Gasteiger partial charge in [-0.1, -0.05) is 5.04 Å². The zero-order valence-electron chi connectivity index (χ0n) is 7.31. The third-order valence-electron chi connectivity index (χ3n) is 1.53. The van der Waals surface area contributed by atoms with Gasteiger partial charge in [0.05, 0.1) is 19.2 Å². The molecule has 0 aliphatic rings. The van der Waals surface area contributed by atoms with E-state index in [1.54, 1.807) is 13.2 Å². The highest BCUT2D eigenvalue weighted by atomic mass is 32.2. The molecule has 0 heterocycles. The molecule has 1 aromatic rings. The molecule has 0 bridgehead atoms. The van der Waals surface area contributed by atoms with Crippen LogP contribution in [0.5, 0.6) is 5.75 Å². The Morgan fingerprint density at radius 3 is 2.69 bits per heavy atom. The van der Waals surface area contributed by atoms with Crippen LogP contribution in [0.15, 0.2) is 23.1 Å². The summed E-state index contributed by atoms with van der Waals surface area (Å²) < 4.78 is 9.35. The van der Waals surface area contributed by atoms with E-state index in [0.717, 1.165) is 28.3 Å². The van der Waals surface area contributed by atoms with Crippen molar-refractivity contribution in [2.75, 3.05) is 7.11 Å². The van der Waals surface area contributed by atoms with E-state index in [9.17, 15) is 0 Å². The minimum atomic E-state index is 0.814. The van der Waals surface area contributed by atoms with Crippen LogP contribution in [0.4, 0.5) is 0 Å². The first-order valence-corrected chi connectivity index (χ1v) is 4.31. The van der Waals surface area contributed by atoms with Crippen LogP contribution in [0.3, 0.4) is 0 Å². The van der Waals surface area contributed by atoms with Gasteiger partial charge in [-0.3, -0.25) is 0 Å². The van der Waals surface area contributed by atoms with Crippen molar-refractivity contribution in [2.45, 2.75) is 11.8 Å². The summed E-state index contributed by atoms with van der Waals surface area (Å²) in [7, 11) is 1.61. The fourth-order valence-electron chi connectivity index (χ4n) is 0.957. The van der Waals surface area contributed by atoms with Gasteiger partial charge in [-0.05, 0) is 30.7 Å². The Hall–Kier alpha value is -0.750. The Balaban J connectivity index is 2.71. The first-order chi connectivity index (χ1) is 6.27. The number of ether oxygens (including phenoxy) is 1. The molecule has 5 heteroatoms. The smallest absolute Gasteiger partial charge is 0.121 e. The Bertz CT molecular complexity index is 277. The molecular weight excluding hydrogens is 192 g/mol. The van der Waals surface area contributed by atoms with E-state index >= 15 is 0 Å². The Morgan fingerprint density at radius 2 is 2.15 bits per heavy atom. The summed E-state index contributed by atoms with van der Waals surface area (Å²) in [4.78, 5) is 0.826. The molecule has 0 unspecified atom stereocenters. The molecule has 1 rings (SSSR count). The van der Waals surface area contributed by atoms with Crippen LogP contribution < -0.4 is 4.74 Å². The van der Waals surface area contributed by atoms with Crippen molar-refractivity contribution in [2.24, 2.45) is 0 Å². The van der Waals surface area contributed by atoms with Crippen molar-refractivity contribution in [1.82, 2.24) is 0 Å². The number of hydrogen-bond acceptors (Lipinski definition) is 5. The van der Waals surface area contributed by atoms with Crippen molar-refractivity contribution < 1.29 is 19.4 Å². The molecule has 1 N–H and O–H groups in total. The summed E-state index contributed by atoms with van der Waals surface area (Å²) in [6.07, 6.45) is 0. The number of benzene rings is 1. The van der Waals surface area contributed by atoms with Crippen LogP contribution >= 0.6 is 12.0 Å². The lowest BCUT2D eigenvalue weighted by atomic mass is 10.2. The number of aryl methyl sites for hydroxylation is 1. The fourth-order valence-corrected chi connectivity index (χ4v) is 1.41. The fraction of sp³-hybridized carbons (Fsp3) is 0.250. The average molecular weight is 202 g/mol. The van der Waals surface area contributed by atoms with Gasteiger partial charge in [0, 0.05) is 4.90 Å². The van der Waals surface area contributed by atoms with Gasteiger partial charge < -0.3 is 4.74 Å². The average Bonchev–Trinajstić information content (AvgIpc) is 2.15. The lowest BCUT2D eigenvalue weighted by molar-refractivity contribution is -0.432. The van der Waals surface area contributed by atoms with Gasteiger partial charge in [-0.15, -0.1) is 4.33 Å². The topological polar surface area (TPSA) is 47.9 Å². The summed E-state index contributed by atoms with van der Waals surface area (Å²) in [5, 5.41) is 11.4. The summed E-state index contributed by atoms with van der Waals surface area (Å²) in [6.45, 7) is 1.92. The Kier molecular flexibility index (Phi) is 4.04. The van der Waals surface area contributed by atoms with Crippen LogP contribution in [0, 0.1) is 6.92 Å². The number of rotatable bonds is 4. The minimum Gasteiger partial charge on any atom is -0.496 e. The van der Waals surface area contributed by atoms with E-state index < -0.39 is 0 Å². The van der Waals surface area contributed by atoms with Crippen LogP contribution in [-0.4, -0.2) is 12.4 Å². The molecule has 0 spiro atoms. The van der Waals surface area contributed by atoms with E-state index in [4.69, 9.17) is 9.99 Å². The normalized spacial score (nSPS) is 10.1. The molecule has 72 valence electrons. The molecule has 1 aromatic carbocycles. The molecule has 0 atom stereocenters. The minimum absolute atomic E-state index is 0.814. The second-order valence-electron chi connectivity index (χ2n) is 2.36. The third-order valence-corrected chi connectivity index (χ3v) is 2.10. The summed E-state index contributed by atoms with van der Waals surface area (Å²) in [5.74, 6) is 0.814. The standard InChI is InChI=1S/C8H10O4S/c1-6-5-7(13-12-11-9)3-4-8(6)10-2/h3-5,9H,1-2H3. The first kappa shape index (κ1) is 10.3. The van der Waals surface area contributed by atoms with E-state index in [1.165, 1.54) is 0 Å². The van der Waals surface area contributed by atoms with Gasteiger partial charge in [0.2, 0.25) is 0 Å². The summed E-state index contributed by atoms with van der Waals surface area (Å²) in [6, 6.07) is 5.48. The molecule has 0 amide bonds. The molecule has 0 saturated heterocycles. The van der Waals surface area contributed by atoms with Gasteiger partial charge in [-0.25, -0.2) is 5.26 Å².